The summed E-state index contributed by atoms with van der Waals surface area (Å²) in [6.45, 7) is 6.37. The molecule has 0 rings (SSSR count). The molecule has 81 heavy (non-hydrogen) atoms. The van der Waals surface area contributed by atoms with E-state index in [1.54, 1.807) is 0 Å². The van der Waals surface area contributed by atoms with Gasteiger partial charge < -0.3 is 14.2 Å². The maximum atomic E-state index is 12.9. The molecule has 0 heterocycles. The lowest BCUT2D eigenvalue weighted by atomic mass is 10.0. The van der Waals surface area contributed by atoms with Crippen molar-refractivity contribution in [1.82, 2.24) is 0 Å². The van der Waals surface area contributed by atoms with Gasteiger partial charge in [0.15, 0.2) is 6.10 Å². The molecule has 0 aromatic rings. The van der Waals surface area contributed by atoms with Crippen LogP contribution >= 0.6 is 0 Å². The predicted molar refractivity (Wildman–Crippen MR) is 353 cm³/mol. The molecule has 6 nitrogen and oxygen atoms in total. The van der Waals surface area contributed by atoms with Crippen LogP contribution in [0.4, 0.5) is 0 Å². The minimum atomic E-state index is -0.812. The van der Waals surface area contributed by atoms with Crippen molar-refractivity contribution in [3.8, 4) is 0 Å². The third-order valence-electron chi connectivity index (χ3n) is 14.1. The van der Waals surface area contributed by atoms with E-state index in [1.165, 1.54) is 122 Å². The van der Waals surface area contributed by atoms with Gasteiger partial charge >= 0.3 is 17.9 Å². The third-order valence-corrected chi connectivity index (χ3v) is 14.1. The predicted octanol–water partition coefficient (Wildman–Crippen LogP) is 23.3. The van der Waals surface area contributed by atoms with Crippen LogP contribution in [0.2, 0.25) is 0 Å². The molecule has 0 aliphatic rings. The van der Waals surface area contributed by atoms with Crippen molar-refractivity contribution in [2.24, 2.45) is 0 Å². The van der Waals surface area contributed by atoms with Gasteiger partial charge in [0.05, 0.1) is 0 Å². The minimum Gasteiger partial charge on any atom is -0.462 e. The van der Waals surface area contributed by atoms with Crippen molar-refractivity contribution < 1.29 is 28.6 Å². The van der Waals surface area contributed by atoms with Crippen LogP contribution in [-0.4, -0.2) is 37.2 Å². The van der Waals surface area contributed by atoms with Crippen molar-refractivity contribution >= 4 is 17.9 Å². The van der Waals surface area contributed by atoms with Gasteiger partial charge in [0.1, 0.15) is 13.2 Å². The highest BCUT2D eigenvalue weighted by atomic mass is 16.6. The van der Waals surface area contributed by atoms with E-state index in [1.807, 2.05) is 0 Å². The van der Waals surface area contributed by atoms with E-state index < -0.39 is 6.10 Å². The van der Waals surface area contributed by atoms with E-state index in [0.29, 0.717) is 12.8 Å². The van der Waals surface area contributed by atoms with Gasteiger partial charge in [-0.15, -0.1) is 0 Å². The van der Waals surface area contributed by atoms with Gasteiger partial charge in [-0.2, -0.15) is 0 Å². The normalized spacial score (nSPS) is 13.0. The van der Waals surface area contributed by atoms with Crippen LogP contribution < -0.4 is 0 Å². The molecular formula is C75H124O6. The third kappa shape index (κ3) is 66.2. The number of allylic oxidation sites excluding steroid dienone is 22. The molecule has 460 valence electrons. The number of carbonyl (C=O) groups is 3. The number of unbranched alkanes of at least 4 members (excludes halogenated alkanes) is 27. The van der Waals surface area contributed by atoms with Gasteiger partial charge in [-0.3, -0.25) is 14.4 Å². The summed E-state index contributed by atoms with van der Waals surface area (Å²) in [6.07, 6.45) is 96.1. The van der Waals surface area contributed by atoms with Crippen molar-refractivity contribution in [3.63, 3.8) is 0 Å². The number of rotatable bonds is 60. The standard InChI is InChI=1S/C75H124O6/c1-4-7-10-13-16-19-22-25-28-31-33-34-35-36-37-38-39-40-42-44-47-50-53-56-59-62-65-68-74(77)80-71-72(70-79-73(76)67-64-61-58-55-52-49-46-43-30-27-24-21-18-15-12-9-6-3)81-75(78)69-66-63-60-57-54-51-48-45-41-32-29-26-23-20-17-14-11-8-5-2/h8-9,11-12,17-18,20-22,25-27,29-31,33,41,45-46,49,51,54,72H,4-7,10,13-16,19,23-24,28,32,34-40,42-44,47-48,50,52-53,55-71H2,1-3H3/b11-8-,12-9-,20-17-,21-18-,25-22-,29-26-,30-27-,33-31-,45-41-,49-46-,54-51-. The number of esters is 3. The first-order chi connectivity index (χ1) is 40.0. The zero-order chi connectivity index (χ0) is 58.5. The minimum absolute atomic E-state index is 0.102. The second-order valence-electron chi connectivity index (χ2n) is 22.0. The second kappa shape index (κ2) is 68.1. The Morgan fingerprint density at radius 2 is 0.481 bits per heavy atom. The molecule has 0 fully saturated rings. The van der Waals surface area contributed by atoms with Crippen LogP contribution in [0.3, 0.4) is 0 Å². The fraction of sp³-hybridized carbons (Fsp3) is 0.667. The highest BCUT2D eigenvalue weighted by Gasteiger charge is 2.19. The molecule has 0 aliphatic carbocycles. The molecule has 0 spiro atoms. The van der Waals surface area contributed by atoms with Crippen LogP contribution in [0.1, 0.15) is 303 Å². The van der Waals surface area contributed by atoms with Crippen LogP contribution in [0.5, 0.6) is 0 Å². The average Bonchev–Trinajstić information content (AvgIpc) is 3.47. The Labute approximate surface area is 500 Å². The first-order valence-electron chi connectivity index (χ1n) is 33.7. The summed E-state index contributed by atoms with van der Waals surface area (Å²) in [5.41, 5.74) is 0. The highest BCUT2D eigenvalue weighted by Crippen LogP contribution is 2.16. The van der Waals surface area contributed by atoms with Gasteiger partial charge in [-0.05, 0) is 135 Å². The number of ether oxygens (including phenoxy) is 3. The molecule has 0 N–H and O–H groups in total. The molecule has 1 unspecified atom stereocenters. The Hall–Kier alpha value is -4.45. The van der Waals surface area contributed by atoms with Gasteiger partial charge in [0, 0.05) is 19.3 Å². The summed E-state index contributed by atoms with van der Waals surface area (Å²) >= 11 is 0. The number of carbonyl (C=O) groups excluding carboxylic acids is 3. The van der Waals surface area contributed by atoms with E-state index >= 15 is 0 Å². The highest BCUT2D eigenvalue weighted by molar-refractivity contribution is 5.71. The maximum Gasteiger partial charge on any atom is 0.306 e. The van der Waals surface area contributed by atoms with Gasteiger partial charge in [0.25, 0.3) is 0 Å². The van der Waals surface area contributed by atoms with Crippen LogP contribution in [-0.2, 0) is 28.6 Å². The van der Waals surface area contributed by atoms with E-state index in [2.05, 4.69) is 154 Å². The Bertz CT molecular complexity index is 1720. The molecular weight excluding hydrogens is 997 g/mol. The van der Waals surface area contributed by atoms with Crippen molar-refractivity contribution in [1.29, 1.82) is 0 Å². The molecule has 0 aromatic heterocycles. The topological polar surface area (TPSA) is 78.9 Å². The number of hydrogen-bond acceptors (Lipinski definition) is 6. The Morgan fingerprint density at radius 1 is 0.259 bits per heavy atom. The molecule has 0 radical (unpaired) electrons. The molecule has 1 atom stereocenters. The maximum absolute atomic E-state index is 12.9. The Balaban J connectivity index is 4.40. The second-order valence-corrected chi connectivity index (χ2v) is 22.0. The van der Waals surface area contributed by atoms with Crippen molar-refractivity contribution in [2.75, 3.05) is 13.2 Å². The monoisotopic (exact) mass is 1120 g/mol. The summed E-state index contributed by atoms with van der Waals surface area (Å²) in [5, 5.41) is 0. The molecule has 0 saturated heterocycles. The largest absolute Gasteiger partial charge is 0.462 e. The van der Waals surface area contributed by atoms with E-state index in [9.17, 15) is 14.4 Å². The molecule has 0 amide bonds. The Morgan fingerprint density at radius 3 is 0.765 bits per heavy atom. The van der Waals surface area contributed by atoms with Gasteiger partial charge in [0.2, 0.25) is 0 Å². The lowest BCUT2D eigenvalue weighted by Crippen LogP contribution is -2.30. The van der Waals surface area contributed by atoms with Crippen LogP contribution in [0, 0.1) is 0 Å². The lowest BCUT2D eigenvalue weighted by molar-refractivity contribution is -0.167. The number of hydrogen-bond donors (Lipinski definition) is 0. The summed E-state index contributed by atoms with van der Waals surface area (Å²) < 4.78 is 16.9. The summed E-state index contributed by atoms with van der Waals surface area (Å²) in [6, 6.07) is 0. The molecule has 0 bridgehead atoms. The SMILES string of the molecule is CC/C=C\C/C=C\C/C=C\C/C=C\C/C=C\CCCCCC(=O)OC(COC(=O)CCCCCC/C=C\C/C=C\C/C=C\C/C=C\CC)COC(=O)CCCCCCCCCCCCCCCCC/C=C\C/C=C\CCCCCCC. The summed E-state index contributed by atoms with van der Waals surface area (Å²) in [7, 11) is 0. The van der Waals surface area contributed by atoms with Crippen molar-refractivity contribution in [3.05, 3.63) is 134 Å². The fourth-order valence-corrected chi connectivity index (χ4v) is 9.14. The molecule has 0 aromatic carbocycles. The van der Waals surface area contributed by atoms with Crippen LogP contribution in [0.25, 0.3) is 0 Å². The first kappa shape index (κ1) is 76.5. The zero-order valence-electron chi connectivity index (χ0n) is 52.8. The van der Waals surface area contributed by atoms with Gasteiger partial charge in [-0.1, -0.05) is 283 Å². The van der Waals surface area contributed by atoms with Gasteiger partial charge in [-0.25, -0.2) is 0 Å². The van der Waals surface area contributed by atoms with E-state index in [4.69, 9.17) is 14.2 Å². The first-order valence-corrected chi connectivity index (χ1v) is 33.7. The summed E-state index contributed by atoms with van der Waals surface area (Å²) in [4.78, 5) is 38.4. The quantitative estimate of drug-likeness (QED) is 0.0261. The average molecular weight is 1120 g/mol. The summed E-state index contributed by atoms with van der Waals surface area (Å²) in [5.74, 6) is -0.955. The smallest absolute Gasteiger partial charge is 0.306 e. The fourth-order valence-electron chi connectivity index (χ4n) is 9.14. The zero-order valence-corrected chi connectivity index (χ0v) is 52.8. The Kier molecular flexibility index (Phi) is 64.3. The molecule has 0 saturated carbocycles. The van der Waals surface area contributed by atoms with E-state index in [-0.39, 0.29) is 37.5 Å². The van der Waals surface area contributed by atoms with E-state index in [0.717, 1.165) is 141 Å². The molecule has 0 aliphatic heterocycles. The lowest BCUT2D eigenvalue weighted by Gasteiger charge is -2.18. The van der Waals surface area contributed by atoms with Crippen molar-refractivity contribution in [2.45, 2.75) is 309 Å². The molecule has 6 heteroatoms. The van der Waals surface area contributed by atoms with Crippen LogP contribution in [0.15, 0.2) is 134 Å².